The van der Waals surface area contributed by atoms with Gasteiger partial charge in [-0.15, -0.1) is 0 Å². The van der Waals surface area contributed by atoms with Gasteiger partial charge in [0.25, 0.3) is 0 Å². The summed E-state index contributed by atoms with van der Waals surface area (Å²) in [5.41, 5.74) is -0.101. The Morgan fingerprint density at radius 1 is 1.59 bits per heavy atom. The van der Waals surface area contributed by atoms with Gasteiger partial charge in [-0.1, -0.05) is 11.6 Å². The maximum Gasteiger partial charge on any atom is 0.235 e. The molecule has 0 heterocycles. The van der Waals surface area contributed by atoms with Gasteiger partial charge in [0, 0.05) is 12.7 Å². The normalized spacial score (nSPS) is 16.7. The van der Waals surface area contributed by atoms with Crippen LogP contribution in [0.4, 0.5) is 10.1 Å². The number of rotatable bonds is 3. The molecular weight excluding hydrogens is 245 g/mol. The first kappa shape index (κ1) is 12.3. The first-order chi connectivity index (χ1) is 8.00. The minimum atomic E-state index is -0.629. The van der Waals surface area contributed by atoms with E-state index in [1.54, 1.807) is 7.05 Å². The van der Waals surface area contributed by atoms with Crippen LogP contribution in [0.1, 0.15) is 12.8 Å². The number of aliphatic hydroxyl groups excluding tert-OH is 1. The Labute approximate surface area is 104 Å². The smallest absolute Gasteiger partial charge is 0.235 e. The van der Waals surface area contributed by atoms with Crippen molar-refractivity contribution < 1.29 is 14.3 Å². The standard InChI is InChI=1S/C12H13ClFNO2/c1-15(11(17)12(7-16)4-5-12)8-2-3-10(14)9(13)6-8/h2-3,6,16H,4-5,7H2,1H3. The van der Waals surface area contributed by atoms with E-state index < -0.39 is 11.2 Å². The second-order valence-electron chi connectivity index (χ2n) is 4.40. The van der Waals surface area contributed by atoms with Crippen LogP contribution in [0.5, 0.6) is 0 Å². The van der Waals surface area contributed by atoms with E-state index in [0.717, 1.165) is 0 Å². The number of amides is 1. The molecule has 0 bridgehead atoms. The molecule has 1 aliphatic rings. The number of anilines is 1. The Balaban J connectivity index is 2.22. The summed E-state index contributed by atoms with van der Waals surface area (Å²) in [4.78, 5) is 13.5. The van der Waals surface area contributed by atoms with Gasteiger partial charge in [-0.25, -0.2) is 4.39 Å². The van der Waals surface area contributed by atoms with Crippen LogP contribution in [0.2, 0.25) is 5.02 Å². The molecule has 1 N–H and O–H groups in total. The van der Waals surface area contributed by atoms with Gasteiger partial charge in [-0.2, -0.15) is 0 Å². The van der Waals surface area contributed by atoms with Crippen molar-refractivity contribution in [2.75, 3.05) is 18.6 Å². The van der Waals surface area contributed by atoms with Crippen molar-refractivity contribution in [1.29, 1.82) is 0 Å². The molecular formula is C12H13ClFNO2. The largest absolute Gasteiger partial charge is 0.395 e. The van der Waals surface area contributed by atoms with Gasteiger partial charge in [-0.3, -0.25) is 4.79 Å². The van der Waals surface area contributed by atoms with Crippen molar-refractivity contribution in [1.82, 2.24) is 0 Å². The van der Waals surface area contributed by atoms with E-state index >= 15 is 0 Å². The molecule has 0 spiro atoms. The van der Waals surface area contributed by atoms with Gasteiger partial charge in [-0.05, 0) is 31.0 Å². The summed E-state index contributed by atoms with van der Waals surface area (Å²) in [7, 11) is 1.60. The van der Waals surface area contributed by atoms with Crippen LogP contribution >= 0.6 is 11.6 Å². The lowest BCUT2D eigenvalue weighted by Crippen LogP contribution is -2.36. The molecule has 3 nitrogen and oxygen atoms in total. The van der Waals surface area contributed by atoms with Gasteiger partial charge >= 0.3 is 0 Å². The highest BCUT2D eigenvalue weighted by Crippen LogP contribution is 2.47. The molecule has 0 aliphatic heterocycles. The van der Waals surface area contributed by atoms with Crippen LogP contribution in [0.3, 0.4) is 0 Å². The number of benzene rings is 1. The number of aliphatic hydroxyl groups is 1. The fourth-order valence-corrected chi connectivity index (χ4v) is 1.93. The first-order valence-corrected chi connectivity index (χ1v) is 5.72. The first-order valence-electron chi connectivity index (χ1n) is 5.34. The third kappa shape index (κ3) is 2.15. The molecule has 0 radical (unpaired) electrons. The van der Waals surface area contributed by atoms with Gasteiger partial charge in [0.15, 0.2) is 0 Å². The zero-order valence-electron chi connectivity index (χ0n) is 9.41. The Bertz CT molecular complexity index is 460. The highest BCUT2D eigenvalue weighted by atomic mass is 35.5. The zero-order chi connectivity index (χ0) is 12.6. The van der Waals surface area contributed by atoms with Crippen molar-refractivity contribution in [3.63, 3.8) is 0 Å². The van der Waals surface area contributed by atoms with Crippen LogP contribution in [0.15, 0.2) is 18.2 Å². The van der Waals surface area contributed by atoms with Crippen molar-refractivity contribution in [2.45, 2.75) is 12.8 Å². The lowest BCUT2D eigenvalue weighted by molar-refractivity contribution is -0.124. The topological polar surface area (TPSA) is 40.5 Å². The van der Waals surface area contributed by atoms with E-state index in [9.17, 15) is 14.3 Å². The fraction of sp³-hybridized carbons (Fsp3) is 0.417. The molecule has 1 aromatic carbocycles. The molecule has 17 heavy (non-hydrogen) atoms. The van der Waals surface area contributed by atoms with Crippen LogP contribution in [-0.4, -0.2) is 24.7 Å². The molecule has 92 valence electrons. The molecule has 0 saturated heterocycles. The zero-order valence-corrected chi connectivity index (χ0v) is 10.2. The third-order valence-electron chi connectivity index (χ3n) is 3.21. The van der Waals surface area contributed by atoms with Gasteiger partial charge in [0.1, 0.15) is 5.82 Å². The van der Waals surface area contributed by atoms with Crippen molar-refractivity contribution >= 4 is 23.2 Å². The molecule has 1 aromatic rings. The summed E-state index contributed by atoms with van der Waals surface area (Å²) in [5.74, 6) is -0.665. The van der Waals surface area contributed by atoms with Gasteiger partial charge in [0.05, 0.1) is 17.0 Å². The number of carbonyl (C=O) groups is 1. The van der Waals surface area contributed by atoms with Crippen LogP contribution in [0, 0.1) is 11.2 Å². The molecule has 2 rings (SSSR count). The predicted octanol–water partition coefficient (Wildman–Crippen LogP) is 2.21. The highest BCUT2D eigenvalue weighted by Gasteiger charge is 2.50. The van der Waals surface area contributed by atoms with Crippen LogP contribution in [0.25, 0.3) is 0 Å². The molecule has 0 atom stereocenters. The number of nitrogens with zero attached hydrogens (tertiary/aromatic N) is 1. The summed E-state index contributed by atoms with van der Waals surface area (Å²) in [6, 6.07) is 4.12. The molecule has 0 unspecified atom stereocenters. The molecule has 1 saturated carbocycles. The second-order valence-corrected chi connectivity index (χ2v) is 4.81. The Kier molecular flexibility index (Phi) is 3.10. The van der Waals surface area contributed by atoms with Gasteiger partial charge in [0.2, 0.25) is 5.91 Å². The molecule has 0 aromatic heterocycles. The van der Waals surface area contributed by atoms with Crippen molar-refractivity contribution in [2.24, 2.45) is 5.41 Å². The van der Waals surface area contributed by atoms with Crippen molar-refractivity contribution in [3.05, 3.63) is 29.0 Å². The van der Waals surface area contributed by atoms with E-state index in [1.165, 1.54) is 23.1 Å². The average molecular weight is 258 g/mol. The van der Waals surface area contributed by atoms with E-state index in [1.807, 2.05) is 0 Å². The predicted molar refractivity (Wildman–Crippen MR) is 63.6 cm³/mol. The Hall–Kier alpha value is -1.13. The molecule has 1 fully saturated rings. The number of hydrogen-bond acceptors (Lipinski definition) is 2. The quantitative estimate of drug-likeness (QED) is 0.902. The third-order valence-corrected chi connectivity index (χ3v) is 3.49. The fourth-order valence-electron chi connectivity index (χ4n) is 1.76. The highest BCUT2D eigenvalue weighted by molar-refractivity contribution is 6.31. The lowest BCUT2D eigenvalue weighted by Gasteiger charge is -2.22. The minimum Gasteiger partial charge on any atom is -0.395 e. The van der Waals surface area contributed by atoms with E-state index in [0.29, 0.717) is 18.5 Å². The average Bonchev–Trinajstić information content (AvgIpc) is 3.12. The summed E-state index contributed by atoms with van der Waals surface area (Å²) in [6.07, 6.45) is 1.39. The minimum absolute atomic E-state index is 0.0176. The summed E-state index contributed by atoms with van der Waals surface area (Å²) in [6.45, 7) is -0.148. The lowest BCUT2D eigenvalue weighted by atomic mass is 10.1. The monoisotopic (exact) mass is 257 g/mol. The van der Waals surface area contributed by atoms with E-state index in [4.69, 9.17) is 11.6 Å². The number of halogens is 2. The van der Waals surface area contributed by atoms with E-state index in [2.05, 4.69) is 0 Å². The summed E-state index contributed by atoms with van der Waals surface area (Å²) in [5, 5.41) is 9.17. The maximum absolute atomic E-state index is 13.0. The number of hydrogen-bond donors (Lipinski definition) is 1. The van der Waals surface area contributed by atoms with Crippen molar-refractivity contribution in [3.8, 4) is 0 Å². The SMILES string of the molecule is CN(C(=O)C1(CO)CC1)c1ccc(F)c(Cl)c1. The van der Waals surface area contributed by atoms with E-state index in [-0.39, 0.29) is 17.5 Å². The van der Waals surface area contributed by atoms with Crippen LogP contribution in [-0.2, 0) is 4.79 Å². The van der Waals surface area contributed by atoms with Crippen LogP contribution < -0.4 is 4.90 Å². The molecule has 5 heteroatoms. The maximum atomic E-state index is 13.0. The molecule has 1 aliphatic carbocycles. The number of carbonyl (C=O) groups excluding carboxylic acids is 1. The molecule has 1 amide bonds. The second kappa shape index (κ2) is 4.27. The summed E-state index contributed by atoms with van der Waals surface area (Å²) >= 11 is 5.66. The Morgan fingerprint density at radius 3 is 2.71 bits per heavy atom. The van der Waals surface area contributed by atoms with Gasteiger partial charge < -0.3 is 10.0 Å². The Morgan fingerprint density at radius 2 is 2.24 bits per heavy atom. The summed E-state index contributed by atoms with van der Waals surface area (Å²) < 4.78 is 13.0.